The molecule has 0 spiro atoms. The molecule has 0 unspecified atom stereocenters. The van der Waals surface area contributed by atoms with Crippen molar-refractivity contribution >= 4 is 11.4 Å². The van der Waals surface area contributed by atoms with Gasteiger partial charge in [-0.2, -0.15) is 0 Å². The van der Waals surface area contributed by atoms with Crippen LogP contribution in [-0.2, 0) is 12.8 Å². The van der Waals surface area contributed by atoms with Crippen molar-refractivity contribution in [3.63, 3.8) is 0 Å². The number of rotatable bonds is 5. The molecule has 0 aliphatic heterocycles. The molecule has 0 saturated carbocycles. The lowest BCUT2D eigenvalue weighted by molar-refractivity contribution is 1.10. The molecule has 0 saturated heterocycles. The van der Waals surface area contributed by atoms with Crippen molar-refractivity contribution in [1.29, 1.82) is 0 Å². The second kappa shape index (κ2) is 6.69. The predicted octanol–water partition coefficient (Wildman–Crippen LogP) is 4.92. The topological polar surface area (TPSA) is 36.8 Å². The van der Waals surface area contributed by atoms with Crippen LogP contribution in [0.15, 0.2) is 58.9 Å². The van der Waals surface area contributed by atoms with Gasteiger partial charge in [-0.15, -0.1) is 5.11 Å². The Morgan fingerprint density at radius 1 is 0.895 bits per heavy atom. The lowest BCUT2D eigenvalue weighted by Gasteiger charge is -2.02. The van der Waals surface area contributed by atoms with Crippen molar-refractivity contribution in [2.24, 2.45) is 10.3 Å². The normalized spacial score (nSPS) is 10.8. The highest BCUT2D eigenvalue weighted by atomic mass is 15.4. The lowest BCUT2D eigenvalue weighted by Crippen LogP contribution is -1.88. The molecule has 1 N–H and O–H groups in total. The number of benzene rings is 2. The summed E-state index contributed by atoms with van der Waals surface area (Å²) in [4.78, 5) is 0. The number of hydrogen-bond donors (Lipinski definition) is 1. The van der Waals surface area contributed by atoms with Gasteiger partial charge in [0, 0.05) is 0 Å². The molecule has 98 valence electrons. The fraction of sp³-hybridized carbons (Fsp3) is 0.250. The monoisotopic (exact) mass is 253 g/mol. The van der Waals surface area contributed by atoms with Gasteiger partial charge in [-0.1, -0.05) is 43.3 Å². The number of hydrogen-bond acceptors (Lipinski definition) is 2. The molecule has 0 aromatic heterocycles. The smallest absolute Gasteiger partial charge is 0.0877 e. The standard InChI is InChI=1S/C16H19N3/c1-3-13-7-5-9-15(11-13)17-19-18-16-10-6-8-14(4-2)12-16/h5-12H,3-4H2,1-2H3,(H,17,18). The zero-order valence-corrected chi connectivity index (χ0v) is 11.4. The summed E-state index contributed by atoms with van der Waals surface area (Å²) in [5.74, 6) is 0. The average Bonchev–Trinajstić information content (AvgIpc) is 2.48. The summed E-state index contributed by atoms with van der Waals surface area (Å²) < 4.78 is 0. The molecule has 0 atom stereocenters. The van der Waals surface area contributed by atoms with Crippen LogP contribution < -0.4 is 5.43 Å². The first-order chi connectivity index (χ1) is 9.31. The zero-order valence-electron chi connectivity index (χ0n) is 11.4. The van der Waals surface area contributed by atoms with Crippen LogP contribution in [0.2, 0.25) is 0 Å². The van der Waals surface area contributed by atoms with E-state index in [0.29, 0.717) is 0 Å². The van der Waals surface area contributed by atoms with E-state index >= 15 is 0 Å². The second-order valence-corrected chi connectivity index (χ2v) is 4.39. The van der Waals surface area contributed by atoms with Crippen molar-refractivity contribution in [3.8, 4) is 0 Å². The van der Waals surface area contributed by atoms with E-state index in [4.69, 9.17) is 0 Å². The van der Waals surface area contributed by atoms with Gasteiger partial charge in [0.2, 0.25) is 0 Å². The molecule has 2 aromatic carbocycles. The van der Waals surface area contributed by atoms with Crippen molar-refractivity contribution in [3.05, 3.63) is 59.7 Å². The Morgan fingerprint density at radius 3 is 2.32 bits per heavy atom. The van der Waals surface area contributed by atoms with E-state index < -0.39 is 0 Å². The summed E-state index contributed by atoms with van der Waals surface area (Å²) >= 11 is 0. The minimum Gasteiger partial charge on any atom is -0.260 e. The molecule has 0 amide bonds. The van der Waals surface area contributed by atoms with Crippen LogP contribution in [-0.4, -0.2) is 0 Å². The van der Waals surface area contributed by atoms with E-state index in [1.807, 2.05) is 30.3 Å². The van der Waals surface area contributed by atoms with Crippen molar-refractivity contribution < 1.29 is 0 Å². The number of nitrogens with zero attached hydrogens (tertiary/aromatic N) is 2. The quantitative estimate of drug-likeness (QED) is 0.595. The molecule has 3 heteroatoms. The maximum absolute atomic E-state index is 4.18. The molecule has 2 rings (SSSR count). The average molecular weight is 253 g/mol. The molecular weight excluding hydrogens is 234 g/mol. The summed E-state index contributed by atoms with van der Waals surface area (Å²) in [5.41, 5.74) is 7.36. The van der Waals surface area contributed by atoms with Crippen LogP contribution in [0.1, 0.15) is 25.0 Å². The van der Waals surface area contributed by atoms with Gasteiger partial charge in [0.1, 0.15) is 0 Å². The van der Waals surface area contributed by atoms with Crippen molar-refractivity contribution in [2.75, 3.05) is 5.43 Å². The molecule has 0 bridgehead atoms. The molecule has 0 heterocycles. The highest BCUT2D eigenvalue weighted by Crippen LogP contribution is 2.16. The molecule has 0 aliphatic rings. The summed E-state index contributed by atoms with van der Waals surface area (Å²) in [7, 11) is 0. The maximum Gasteiger partial charge on any atom is 0.0877 e. The van der Waals surface area contributed by atoms with Gasteiger partial charge in [-0.05, 0) is 48.2 Å². The van der Waals surface area contributed by atoms with Crippen LogP contribution in [0.5, 0.6) is 0 Å². The number of nitrogens with one attached hydrogen (secondary N) is 1. The zero-order chi connectivity index (χ0) is 13.5. The lowest BCUT2D eigenvalue weighted by atomic mass is 10.1. The minimum atomic E-state index is 0.874. The molecular formula is C16H19N3. The predicted molar refractivity (Wildman–Crippen MR) is 79.8 cm³/mol. The summed E-state index contributed by atoms with van der Waals surface area (Å²) in [5, 5.41) is 8.22. The van der Waals surface area contributed by atoms with E-state index in [2.05, 4.69) is 47.8 Å². The Morgan fingerprint density at radius 2 is 1.58 bits per heavy atom. The summed E-state index contributed by atoms with van der Waals surface area (Å²) in [6.45, 7) is 4.27. The fourth-order valence-corrected chi connectivity index (χ4v) is 1.84. The maximum atomic E-state index is 4.18. The van der Waals surface area contributed by atoms with Crippen LogP contribution in [0.3, 0.4) is 0 Å². The molecule has 0 radical (unpaired) electrons. The second-order valence-electron chi connectivity index (χ2n) is 4.39. The van der Waals surface area contributed by atoms with E-state index in [0.717, 1.165) is 24.2 Å². The van der Waals surface area contributed by atoms with E-state index in [1.165, 1.54) is 11.1 Å². The van der Waals surface area contributed by atoms with E-state index in [9.17, 15) is 0 Å². The van der Waals surface area contributed by atoms with Crippen LogP contribution in [0.4, 0.5) is 11.4 Å². The van der Waals surface area contributed by atoms with Gasteiger partial charge < -0.3 is 0 Å². The van der Waals surface area contributed by atoms with Gasteiger partial charge in [-0.3, -0.25) is 5.43 Å². The first kappa shape index (κ1) is 13.3. The highest BCUT2D eigenvalue weighted by Gasteiger charge is 1.94. The Balaban J connectivity index is 2.02. The fourth-order valence-electron chi connectivity index (χ4n) is 1.84. The largest absolute Gasteiger partial charge is 0.260 e. The summed E-state index contributed by atoms with van der Waals surface area (Å²) in [6, 6.07) is 16.3. The third kappa shape index (κ3) is 3.91. The Bertz CT molecular complexity index is 561. The van der Waals surface area contributed by atoms with E-state index in [-0.39, 0.29) is 0 Å². The Kier molecular flexibility index (Phi) is 4.67. The van der Waals surface area contributed by atoms with E-state index in [1.54, 1.807) is 0 Å². The SMILES string of the molecule is CCc1cccc(/N=N/Nc2cccc(CC)c2)c1. The van der Waals surface area contributed by atoms with Gasteiger partial charge >= 0.3 is 0 Å². The van der Waals surface area contributed by atoms with Crippen molar-refractivity contribution in [1.82, 2.24) is 0 Å². The van der Waals surface area contributed by atoms with Crippen LogP contribution >= 0.6 is 0 Å². The van der Waals surface area contributed by atoms with Crippen molar-refractivity contribution in [2.45, 2.75) is 26.7 Å². The third-order valence-corrected chi connectivity index (χ3v) is 3.00. The number of anilines is 1. The first-order valence-corrected chi connectivity index (χ1v) is 6.66. The molecule has 2 aromatic rings. The Labute approximate surface area is 114 Å². The molecule has 0 aliphatic carbocycles. The van der Waals surface area contributed by atoms with Crippen LogP contribution in [0.25, 0.3) is 0 Å². The Hall–Kier alpha value is -2.16. The van der Waals surface area contributed by atoms with Gasteiger partial charge in [0.15, 0.2) is 0 Å². The molecule has 19 heavy (non-hydrogen) atoms. The first-order valence-electron chi connectivity index (χ1n) is 6.66. The van der Waals surface area contributed by atoms with Gasteiger partial charge in [0.25, 0.3) is 0 Å². The highest BCUT2D eigenvalue weighted by molar-refractivity contribution is 5.45. The summed E-state index contributed by atoms with van der Waals surface area (Å²) in [6.07, 6.45) is 2.03. The van der Waals surface area contributed by atoms with Gasteiger partial charge in [0.05, 0.1) is 11.4 Å². The number of aryl methyl sites for hydroxylation is 2. The molecule has 0 fully saturated rings. The minimum absolute atomic E-state index is 0.874. The third-order valence-electron chi connectivity index (χ3n) is 3.00. The van der Waals surface area contributed by atoms with Gasteiger partial charge in [-0.25, -0.2) is 0 Å². The molecule has 3 nitrogen and oxygen atoms in total. The van der Waals surface area contributed by atoms with Crippen LogP contribution in [0, 0.1) is 0 Å².